The second kappa shape index (κ2) is 14.1. The Bertz CT molecular complexity index is 1650. The van der Waals surface area contributed by atoms with E-state index in [-0.39, 0.29) is 24.3 Å². The number of hydrogen-bond acceptors (Lipinski definition) is 13. The minimum Gasteiger partial charge on any atom is -0.481 e. The first-order valence-electron chi connectivity index (χ1n) is 14.4. The fourth-order valence-electron chi connectivity index (χ4n) is 5.42. The molecule has 1 saturated heterocycles. The van der Waals surface area contributed by atoms with Gasteiger partial charge in [-0.25, -0.2) is 22.8 Å². The number of nitrogens with zero attached hydrogens (tertiary/aromatic N) is 5. The van der Waals surface area contributed by atoms with Crippen molar-refractivity contribution in [2.45, 2.75) is 70.2 Å². The van der Waals surface area contributed by atoms with Crippen molar-refractivity contribution in [2.24, 2.45) is 5.16 Å². The summed E-state index contributed by atoms with van der Waals surface area (Å²) in [4.78, 5) is 46.4. The number of halogens is 3. The summed E-state index contributed by atoms with van der Waals surface area (Å²) in [5, 5.41) is 12.2. The van der Waals surface area contributed by atoms with E-state index >= 15 is 0 Å². The van der Waals surface area contributed by atoms with Gasteiger partial charge in [-0.1, -0.05) is 10.4 Å². The zero-order valence-corrected chi connectivity index (χ0v) is 25.6. The van der Waals surface area contributed by atoms with Crippen LogP contribution in [0.5, 0.6) is 5.88 Å². The largest absolute Gasteiger partial charge is 0.481 e. The van der Waals surface area contributed by atoms with Crippen molar-refractivity contribution in [1.82, 2.24) is 20.0 Å². The van der Waals surface area contributed by atoms with E-state index in [4.69, 9.17) is 28.5 Å². The summed E-state index contributed by atoms with van der Waals surface area (Å²) < 4.78 is 70.9. The zero-order chi connectivity index (χ0) is 33.8. The summed E-state index contributed by atoms with van der Waals surface area (Å²) in [7, 11) is 1.49. The number of methoxy groups -OCH3 is 1. The summed E-state index contributed by atoms with van der Waals surface area (Å²) >= 11 is 0. The van der Waals surface area contributed by atoms with Gasteiger partial charge in [0.15, 0.2) is 29.7 Å². The molecule has 47 heavy (non-hydrogen) atoms. The van der Waals surface area contributed by atoms with E-state index in [0.717, 1.165) is 19.1 Å². The number of carbonyl (C=O) groups is 3. The molecular weight excluding hydrogens is 631 g/mol. The van der Waals surface area contributed by atoms with Gasteiger partial charge in [0, 0.05) is 57.0 Å². The van der Waals surface area contributed by atoms with Crippen LogP contribution >= 0.6 is 0 Å². The Morgan fingerprint density at radius 3 is 2.23 bits per heavy atom. The molecule has 2 aliphatic rings. The summed E-state index contributed by atoms with van der Waals surface area (Å²) in [6.07, 6.45) is -1.89. The first kappa shape index (κ1) is 33.3. The third kappa shape index (κ3) is 7.67. The molecule has 250 valence electrons. The molecule has 0 spiro atoms. The Morgan fingerprint density at radius 1 is 0.957 bits per heavy atom. The van der Waals surface area contributed by atoms with Gasteiger partial charge >= 0.3 is 17.9 Å². The quantitative estimate of drug-likeness (QED) is 0.178. The molecule has 3 aromatic rings. The summed E-state index contributed by atoms with van der Waals surface area (Å²) in [5.74, 6) is -6.23. The van der Waals surface area contributed by atoms with E-state index in [2.05, 4.69) is 20.5 Å². The van der Waals surface area contributed by atoms with E-state index < -0.39 is 71.9 Å². The Hall–Kier alpha value is -5.06. The van der Waals surface area contributed by atoms with E-state index in [1.807, 2.05) is 0 Å². The van der Waals surface area contributed by atoms with Crippen LogP contribution < -0.4 is 4.74 Å². The van der Waals surface area contributed by atoms with Crippen LogP contribution in [0.3, 0.4) is 0 Å². The lowest BCUT2D eigenvalue weighted by molar-refractivity contribution is -0.233. The fraction of sp³-hybridized carbons (Fsp3) is 0.433. The minimum absolute atomic E-state index is 0.0733. The molecule has 0 radical (unpaired) electrons. The highest BCUT2D eigenvalue weighted by Crippen LogP contribution is 2.38. The van der Waals surface area contributed by atoms with Crippen molar-refractivity contribution in [3.63, 3.8) is 0 Å². The van der Waals surface area contributed by atoms with Crippen LogP contribution in [0.2, 0.25) is 0 Å². The van der Waals surface area contributed by atoms with Gasteiger partial charge < -0.3 is 28.5 Å². The predicted octanol–water partition coefficient (Wildman–Crippen LogP) is 3.08. The van der Waals surface area contributed by atoms with Crippen molar-refractivity contribution in [2.75, 3.05) is 13.7 Å². The lowest BCUT2D eigenvalue weighted by Gasteiger charge is -2.45. The van der Waals surface area contributed by atoms with Gasteiger partial charge in [-0.2, -0.15) is 0 Å². The van der Waals surface area contributed by atoms with Crippen LogP contribution in [0, 0.1) is 17.5 Å². The van der Waals surface area contributed by atoms with Gasteiger partial charge in [-0.05, 0) is 18.2 Å². The number of ether oxygens (including phenoxy) is 5. The molecule has 0 N–H and O–H groups in total. The highest BCUT2D eigenvalue weighted by molar-refractivity contribution is 6.01. The average molecular weight is 662 g/mol. The Morgan fingerprint density at radius 2 is 1.64 bits per heavy atom. The van der Waals surface area contributed by atoms with Crippen LogP contribution in [-0.4, -0.2) is 87.8 Å². The van der Waals surface area contributed by atoms with Gasteiger partial charge in [-0.3, -0.25) is 14.4 Å². The van der Waals surface area contributed by atoms with Crippen LogP contribution in [-0.2, 0) is 38.2 Å². The van der Waals surface area contributed by atoms with E-state index in [0.29, 0.717) is 23.6 Å². The third-order valence-electron chi connectivity index (χ3n) is 7.41. The number of carbonyl (C=O) groups excluding carboxylic acids is 3. The number of rotatable bonds is 10. The maximum atomic E-state index is 14.0. The topological polar surface area (TPSA) is 163 Å². The first-order valence-corrected chi connectivity index (χ1v) is 14.4. The molecule has 17 heteroatoms. The fourth-order valence-corrected chi connectivity index (χ4v) is 5.42. The molecule has 6 atom stereocenters. The van der Waals surface area contributed by atoms with Crippen molar-refractivity contribution in [3.05, 3.63) is 59.7 Å². The molecule has 4 heterocycles. The van der Waals surface area contributed by atoms with Crippen LogP contribution in [0.1, 0.15) is 45.2 Å². The predicted molar refractivity (Wildman–Crippen MR) is 152 cm³/mol. The molecule has 2 aromatic heterocycles. The highest BCUT2D eigenvalue weighted by Gasteiger charge is 2.52. The summed E-state index contributed by atoms with van der Waals surface area (Å²) in [6.45, 7) is 3.13. The van der Waals surface area contributed by atoms with E-state index in [1.165, 1.54) is 31.8 Å². The van der Waals surface area contributed by atoms with Crippen molar-refractivity contribution >= 4 is 23.6 Å². The Kier molecular flexibility index (Phi) is 10.0. The highest BCUT2D eigenvalue weighted by atomic mass is 19.2. The Balaban J connectivity index is 1.49. The molecule has 0 bridgehead atoms. The maximum absolute atomic E-state index is 14.0. The Labute approximate surface area is 265 Å². The van der Waals surface area contributed by atoms with Crippen LogP contribution in [0.15, 0.2) is 41.8 Å². The molecule has 2 aliphatic heterocycles. The van der Waals surface area contributed by atoms with Gasteiger partial charge in [0.2, 0.25) is 5.88 Å². The minimum atomic E-state index is -1.66. The zero-order valence-electron chi connectivity index (χ0n) is 25.6. The van der Waals surface area contributed by atoms with Crippen molar-refractivity contribution < 1.29 is 56.1 Å². The number of aromatic nitrogens is 4. The lowest BCUT2D eigenvalue weighted by Crippen LogP contribution is -2.59. The SMILES string of the molecule is COc1ccc(C2=NOC(C[C@H]3O[C@H](COC(C)=O)[C@H](OC(C)=O)[C@H](n4cc(-c5cc(F)c(F)c(F)c5)nn4)[C@H]3OC(C)=O)C2)cn1. The number of oxime groups is 1. The first-order chi connectivity index (χ1) is 22.4. The molecule has 1 unspecified atom stereocenters. The van der Waals surface area contributed by atoms with Crippen LogP contribution in [0.25, 0.3) is 11.3 Å². The molecular formula is C30H30F3N5O9. The average Bonchev–Trinajstić information content (AvgIpc) is 3.70. The van der Waals surface area contributed by atoms with Gasteiger partial charge in [-0.15, -0.1) is 5.10 Å². The molecule has 0 amide bonds. The third-order valence-corrected chi connectivity index (χ3v) is 7.41. The summed E-state index contributed by atoms with van der Waals surface area (Å²) in [6, 6.07) is 3.76. The molecule has 1 fully saturated rings. The van der Waals surface area contributed by atoms with E-state index in [9.17, 15) is 27.6 Å². The number of benzene rings is 1. The normalized spacial score (nSPS) is 23.8. The lowest BCUT2D eigenvalue weighted by atomic mass is 9.88. The molecule has 0 aliphatic carbocycles. The van der Waals surface area contributed by atoms with Crippen molar-refractivity contribution in [3.8, 4) is 17.1 Å². The van der Waals surface area contributed by atoms with Gasteiger partial charge in [0.05, 0.1) is 19.0 Å². The molecule has 14 nitrogen and oxygen atoms in total. The number of hydrogen-bond donors (Lipinski definition) is 0. The molecule has 0 saturated carbocycles. The number of pyridine rings is 1. The second-order valence-electron chi connectivity index (χ2n) is 10.8. The smallest absolute Gasteiger partial charge is 0.303 e. The molecule has 1 aromatic carbocycles. The summed E-state index contributed by atoms with van der Waals surface area (Å²) in [5.41, 5.74) is 1.07. The maximum Gasteiger partial charge on any atom is 0.303 e. The van der Waals surface area contributed by atoms with Crippen molar-refractivity contribution in [1.29, 1.82) is 0 Å². The van der Waals surface area contributed by atoms with Gasteiger partial charge in [0.25, 0.3) is 0 Å². The van der Waals surface area contributed by atoms with Crippen LogP contribution in [0.4, 0.5) is 13.2 Å². The molecule has 5 rings (SSSR count). The number of esters is 3. The van der Waals surface area contributed by atoms with Gasteiger partial charge in [0.1, 0.15) is 36.7 Å². The second-order valence-corrected chi connectivity index (χ2v) is 10.8. The monoisotopic (exact) mass is 661 g/mol. The van der Waals surface area contributed by atoms with E-state index in [1.54, 1.807) is 18.3 Å². The standard InChI is InChI=1S/C30H30F3N5O9/c1-14(39)43-13-25-30(45-16(3)41)28(38-12-23(35-37-38)18-7-20(31)27(33)21(32)8-18)29(44-15(2)40)24(46-25)10-19-9-22(36-47-19)17-5-6-26(42-4)34-11-17/h5-8,11-12,19,24-25,28-30H,9-10,13H2,1-4H3/t19?,24-,25-,28-,29+,30+/m1/s1.